The molecule has 1 saturated heterocycles. The van der Waals surface area contributed by atoms with Gasteiger partial charge in [-0.15, -0.1) is 0 Å². The van der Waals surface area contributed by atoms with Gasteiger partial charge in [0.25, 0.3) is 0 Å². The van der Waals surface area contributed by atoms with Crippen LogP contribution in [0.2, 0.25) is 0 Å². The van der Waals surface area contributed by atoms with E-state index >= 15 is 0 Å². The van der Waals surface area contributed by atoms with Crippen molar-refractivity contribution in [2.75, 3.05) is 26.4 Å². The molecule has 0 amide bonds. The van der Waals surface area contributed by atoms with E-state index < -0.39 is 0 Å². The monoisotopic (exact) mass is 173 g/mol. The molecular weight excluding hydrogens is 154 g/mol. The number of hydrogen-bond donors (Lipinski definition) is 1. The van der Waals surface area contributed by atoms with Gasteiger partial charge in [0, 0.05) is 6.54 Å². The van der Waals surface area contributed by atoms with Crippen LogP contribution in [0.1, 0.15) is 20.8 Å². The highest BCUT2D eigenvalue weighted by Gasteiger charge is 2.17. The minimum absolute atomic E-state index is 0.0425. The van der Waals surface area contributed by atoms with Crippen LogP contribution in [0, 0.1) is 0 Å². The second-order valence-corrected chi connectivity index (χ2v) is 4.15. The number of rotatable bonds is 2. The van der Waals surface area contributed by atoms with Crippen LogP contribution in [-0.4, -0.2) is 38.0 Å². The molecule has 0 aromatic heterocycles. The van der Waals surface area contributed by atoms with E-state index in [9.17, 15) is 0 Å². The van der Waals surface area contributed by atoms with E-state index in [0.717, 1.165) is 26.4 Å². The highest BCUT2D eigenvalue weighted by molar-refractivity contribution is 4.71. The lowest BCUT2D eigenvalue weighted by Gasteiger charge is -2.27. The molecule has 0 spiro atoms. The van der Waals surface area contributed by atoms with Crippen LogP contribution in [0.5, 0.6) is 0 Å². The van der Waals surface area contributed by atoms with Gasteiger partial charge < -0.3 is 14.8 Å². The molecule has 3 nitrogen and oxygen atoms in total. The molecular formula is C9H19NO2. The topological polar surface area (TPSA) is 30.5 Å². The molecule has 1 heterocycles. The van der Waals surface area contributed by atoms with Crippen molar-refractivity contribution in [2.24, 2.45) is 0 Å². The maximum Gasteiger partial charge on any atom is 0.0649 e. The van der Waals surface area contributed by atoms with Crippen LogP contribution in [0.15, 0.2) is 0 Å². The maximum atomic E-state index is 5.63. The Labute approximate surface area is 74.4 Å². The smallest absolute Gasteiger partial charge is 0.0649 e. The van der Waals surface area contributed by atoms with Crippen molar-refractivity contribution in [3.8, 4) is 0 Å². The molecule has 72 valence electrons. The summed E-state index contributed by atoms with van der Waals surface area (Å²) in [4.78, 5) is 0. The van der Waals surface area contributed by atoms with Crippen LogP contribution in [-0.2, 0) is 9.47 Å². The van der Waals surface area contributed by atoms with E-state index in [1.807, 2.05) is 0 Å². The average molecular weight is 173 g/mol. The summed E-state index contributed by atoms with van der Waals surface area (Å²) in [6.45, 7) is 9.48. The first kappa shape index (κ1) is 9.96. The van der Waals surface area contributed by atoms with Gasteiger partial charge in [0.2, 0.25) is 0 Å². The summed E-state index contributed by atoms with van der Waals surface area (Å²) >= 11 is 0. The zero-order valence-electron chi connectivity index (χ0n) is 8.22. The van der Waals surface area contributed by atoms with E-state index in [0.29, 0.717) is 6.04 Å². The number of nitrogens with one attached hydrogen (secondary N) is 1. The lowest BCUT2D eigenvalue weighted by Crippen LogP contribution is -2.45. The quantitative estimate of drug-likeness (QED) is 0.669. The second kappa shape index (κ2) is 4.21. The van der Waals surface area contributed by atoms with Crippen LogP contribution < -0.4 is 5.32 Å². The Balaban J connectivity index is 2.13. The molecule has 1 rings (SSSR count). The van der Waals surface area contributed by atoms with Crippen molar-refractivity contribution in [2.45, 2.75) is 32.4 Å². The van der Waals surface area contributed by atoms with E-state index in [-0.39, 0.29) is 5.60 Å². The second-order valence-electron chi connectivity index (χ2n) is 4.15. The first-order valence-electron chi connectivity index (χ1n) is 4.53. The van der Waals surface area contributed by atoms with Crippen LogP contribution in [0.4, 0.5) is 0 Å². The highest BCUT2D eigenvalue weighted by Crippen LogP contribution is 2.07. The fraction of sp³-hybridized carbons (Fsp3) is 1.00. The van der Waals surface area contributed by atoms with Gasteiger partial charge in [-0.05, 0) is 20.8 Å². The summed E-state index contributed by atoms with van der Waals surface area (Å²) in [5.74, 6) is 0. The molecule has 0 saturated carbocycles. The summed E-state index contributed by atoms with van der Waals surface area (Å²) in [6, 6.07) is 0.373. The summed E-state index contributed by atoms with van der Waals surface area (Å²) in [6.07, 6.45) is 0. The third-order valence-electron chi connectivity index (χ3n) is 1.72. The SMILES string of the molecule is CC(C)(C)OC[C@@H]1COCCN1. The Bertz CT molecular complexity index is 125. The zero-order valence-corrected chi connectivity index (χ0v) is 8.22. The van der Waals surface area contributed by atoms with E-state index in [4.69, 9.17) is 9.47 Å². The molecule has 1 aliphatic rings. The lowest BCUT2D eigenvalue weighted by atomic mass is 10.2. The van der Waals surface area contributed by atoms with Gasteiger partial charge in [-0.25, -0.2) is 0 Å². The molecule has 3 heteroatoms. The van der Waals surface area contributed by atoms with Gasteiger partial charge in [0.1, 0.15) is 0 Å². The van der Waals surface area contributed by atoms with Crippen LogP contribution in [0.25, 0.3) is 0 Å². The summed E-state index contributed by atoms with van der Waals surface area (Å²) in [5, 5.41) is 3.34. The zero-order chi connectivity index (χ0) is 9.03. The van der Waals surface area contributed by atoms with Gasteiger partial charge in [0.15, 0.2) is 0 Å². The molecule has 1 N–H and O–H groups in total. The molecule has 0 aliphatic carbocycles. The minimum atomic E-state index is -0.0425. The Morgan fingerprint density at radius 1 is 1.50 bits per heavy atom. The third kappa shape index (κ3) is 4.04. The molecule has 1 fully saturated rings. The summed E-state index contributed by atoms with van der Waals surface area (Å²) < 4.78 is 10.9. The fourth-order valence-corrected chi connectivity index (χ4v) is 1.08. The van der Waals surface area contributed by atoms with Gasteiger partial charge in [-0.1, -0.05) is 0 Å². The van der Waals surface area contributed by atoms with E-state index in [1.165, 1.54) is 0 Å². The van der Waals surface area contributed by atoms with Gasteiger partial charge >= 0.3 is 0 Å². The predicted molar refractivity (Wildman–Crippen MR) is 48.3 cm³/mol. The number of ether oxygens (including phenoxy) is 2. The van der Waals surface area contributed by atoms with Crippen LogP contribution in [0.3, 0.4) is 0 Å². The first-order chi connectivity index (χ1) is 5.58. The lowest BCUT2D eigenvalue weighted by molar-refractivity contribution is -0.0380. The predicted octanol–water partition coefficient (Wildman–Crippen LogP) is 0.790. The molecule has 0 unspecified atom stereocenters. The molecule has 1 atom stereocenters. The first-order valence-corrected chi connectivity index (χ1v) is 4.53. The van der Waals surface area contributed by atoms with Gasteiger partial charge in [-0.3, -0.25) is 0 Å². The number of hydrogen-bond acceptors (Lipinski definition) is 3. The molecule has 0 bridgehead atoms. The van der Waals surface area contributed by atoms with E-state index in [2.05, 4.69) is 26.1 Å². The van der Waals surface area contributed by atoms with Crippen molar-refractivity contribution in [1.29, 1.82) is 0 Å². The number of morpholine rings is 1. The Hall–Kier alpha value is -0.120. The highest BCUT2D eigenvalue weighted by atomic mass is 16.5. The minimum Gasteiger partial charge on any atom is -0.378 e. The van der Waals surface area contributed by atoms with Crippen molar-refractivity contribution < 1.29 is 9.47 Å². The Kier molecular flexibility index (Phi) is 3.50. The standard InChI is InChI=1S/C9H19NO2/c1-9(2,3)12-7-8-6-11-5-4-10-8/h8,10H,4-7H2,1-3H3/t8-/m0/s1. The van der Waals surface area contributed by atoms with Crippen molar-refractivity contribution >= 4 is 0 Å². The Morgan fingerprint density at radius 2 is 2.25 bits per heavy atom. The molecule has 0 aromatic carbocycles. The van der Waals surface area contributed by atoms with Crippen LogP contribution >= 0.6 is 0 Å². The Morgan fingerprint density at radius 3 is 2.75 bits per heavy atom. The largest absolute Gasteiger partial charge is 0.378 e. The van der Waals surface area contributed by atoms with Crippen molar-refractivity contribution in [3.63, 3.8) is 0 Å². The summed E-state index contributed by atoms with van der Waals surface area (Å²) in [7, 11) is 0. The van der Waals surface area contributed by atoms with Crippen molar-refractivity contribution in [1.82, 2.24) is 5.32 Å². The van der Waals surface area contributed by atoms with Gasteiger partial charge in [0.05, 0.1) is 31.5 Å². The molecule has 1 aliphatic heterocycles. The normalized spacial score (nSPS) is 25.8. The van der Waals surface area contributed by atoms with E-state index in [1.54, 1.807) is 0 Å². The third-order valence-corrected chi connectivity index (χ3v) is 1.72. The molecule has 0 aromatic rings. The fourth-order valence-electron chi connectivity index (χ4n) is 1.08. The summed E-state index contributed by atoms with van der Waals surface area (Å²) in [5.41, 5.74) is -0.0425. The van der Waals surface area contributed by atoms with Gasteiger partial charge in [-0.2, -0.15) is 0 Å². The maximum absolute atomic E-state index is 5.63. The average Bonchev–Trinajstić information content (AvgIpc) is 2.02. The molecule has 0 radical (unpaired) electrons. The van der Waals surface area contributed by atoms with Crippen molar-refractivity contribution in [3.05, 3.63) is 0 Å². The molecule has 12 heavy (non-hydrogen) atoms.